The third kappa shape index (κ3) is 28.8. The first-order valence-electron chi connectivity index (χ1n) is 32.6. The SMILES string of the molecule is [3H]C1CC(OP(=O)(OCCC#N)OCCNCCC[Si](C)(C)OC)C(COP(=O)(OCCC#N)OC2CC(n3cc(C)c(NCCCCCCNC(=O)CCCCCNC(=O)CCCCCNC(=O)CCCCC4SCC5NC(=O)NC54)nc3=O)OC2CC)O1. The third-order valence-electron chi connectivity index (χ3n) is 15.7. The molecule has 27 nitrogen and oxygen atoms in total. The number of amides is 5. The van der Waals surface area contributed by atoms with Crippen molar-refractivity contribution >= 4 is 65.3 Å². The Morgan fingerprint density at radius 1 is 0.775 bits per heavy atom. The van der Waals surface area contributed by atoms with Gasteiger partial charge in [-0.3, -0.25) is 46.1 Å². The summed E-state index contributed by atoms with van der Waals surface area (Å²) in [6.45, 7) is 9.01. The first kappa shape index (κ1) is 74.0. The number of phosphoric ester groups is 2. The van der Waals surface area contributed by atoms with Gasteiger partial charge in [0, 0.05) is 101 Å². The van der Waals surface area contributed by atoms with Gasteiger partial charge in [-0.15, -0.1) is 0 Å². The molecule has 4 aliphatic rings. The second-order valence-corrected chi connectivity index (χ2v) is 32.2. The van der Waals surface area contributed by atoms with E-state index in [-0.39, 0.29) is 81.3 Å². The van der Waals surface area contributed by atoms with Gasteiger partial charge in [-0.2, -0.15) is 27.3 Å². The number of rotatable bonds is 49. The highest BCUT2D eigenvalue weighted by Crippen LogP contribution is 2.55. The molecule has 5 heterocycles. The van der Waals surface area contributed by atoms with Gasteiger partial charge < -0.3 is 51.1 Å². The number of aromatic nitrogens is 2. The maximum atomic E-state index is 14.4. The maximum absolute atomic E-state index is 14.4. The van der Waals surface area contributed by atoms with E-state index in [1.807, 2.05) is 37.7 Å². The average molecular weight is 1330 g/mol. The Hall–Kier alpha value is -4.03. The molecule has 0 spiro atoms. The average Bonchev–Trinajstić information content (AvgIpc) is 1.67. The number of thioether (sulfide) groups is 1. The summed E-state index contributed by atoms with van der Waals surface area (Å²) in [6.07, 6.45) is 10.5. The lowest BCUT2D eigenvalue weighted by Gasteiger charge is -2.27. The Labute approximate surface area is 532 Å². The highest BCUT2D eigenvalue weighted by atomic mass is 32.2. The second kappa shape index (κ2) is 41.5. The molecule has 89 heavy (non-hydrogen) atoms. The molecular formula is C58H101N11O16P2SSi. The summed E-state index contributed by atoms with van der Waals surface area (Å²) in [5.41, 5.74) is 0.121. The summed E-state index contributed by atoms with van der Waals surface area (Å²) in [5.74, 6) is 1.46. The van der Waals surface area contributed by atoms with Gasteiger partial charge in [0.2, 0.25) is 17.7 Å². The van der Waals surface area contributed by atoms with E-state index in [1.54, 1.807) is 13.3 Å². The lowest BCUT2D eigenvalue weighted by molar-refractivity contribution is -0.122. The molecule has 5 amide bonds. The van der Waals surface area contributed by atoms with Crippen LogP contribution in [0.25, 0.3) is 0 Å². The number of hydrogen-bond acceptors (Lipinski definition) is 22. The van der Waals surface area contributed by atoms with E-state index in [1.165, 1.54) is 4.57 Å². The van der Waals surface area contributed by atoms with E-state index in [2.05, 4.69) is 55.3 Å². The smallest absolute Gasteiger partial charge is 0.420 e. The van der Waals surface area contributed by atoms with E-state index in [9.17, 15) is 38.4 Å². The van der Waals surface area contributed by atoms with Gasteiger partial charge in [-0.05, 0) is 96.8 Å². The topological polar surface area (TPSA) is 352 Å². The number of ether oxygens (including phenoxy) is 2. The van der Waals surface area contributed by atoms with Crippen LogP contribution >= 0.6 is 27.4 Å². The number of carbonyl (C=O) groups is 4. The Kier molecular flexibility index (Phi) is 34.5. The van der Waals surface area contributed by atoms with Gasteiger partial charge in [0.15, 0.2) is 8.32 Å². The molecule has 11 unspecified atom stereocenters. The number of anilines is 1. The fourth-order valence-electron chi connectivity index (χ4n) is 10.5. The predicted molar refractivity (Wildman–Crippen MR) is 339 cm³/mol. The minimum absolute atomic E-state index is 0.0130. The standard InChI is InChI=1S/C58H101N11O16P2SSi/c1-6-46-48(85-87(76,80-36-20-28-60)82-42-49-47(26-37-78-49)84-86(75,79-35-19-27-59)81-38-34-61-29-21-39-89(4,5)77-3)40-54(83-46)69-41-44(2)56(68-58(69)74)65-33-16-8-7-15-30-62-51(70)23-11-9-17-31-63-52(71)24-12-10-18-32-64-53(72)25-14-13-22-50-55-45(43-88-50)66-57(73)67-55/h41,45-50,54-55,61H,6-26,29-40,42-43H2,1-5H3,(H,62,70)(H,63,71)(H,64,72)(H,65,68,74)(H2,66,67,73)/i37T. The van der Waals surface area contributed by atoms with Crippen LogP contribution in [0.4, 0.5) is 10.6 Å². The van der Waals surface area contributed by atoms with E-state index in [0.29, 0.717) is 81.6 Å². The molecule has 4 aliphatic heterocycles. The van der Waals surface area contributed by atoms with Gasteiger partial charge in [-0.1, -0.05) is 39.0 Å². The molecule has 0 saturated carbocycles. The number of nitrogens with one attached hydrogen (secondary N) is 7. The van der Waals surface area contributed by atoms with Crippen molar-refractivity contribution in [2.45, 2.75) is 222 Å². The minimum atomic E-state index is -4.52. The van der Waals surface area contributed by atoms with Gasteiger partial charge in [0.1, 0.15) is 24.3 Å². The van der Waals surface area contributed by atoms with E-state index < -0.39 is 73.5 Å². The molecule has 0 bridgehead atoms. The fraction of sp³-hybridized carbons (Fsp3) is 0.828. The lowest BCUT2D eigenvalue weighted by Crippen LogP contribution is -2.36. The van der Waals surface area contributed by atoms with Crippen LogP contribution in [0.3, 0.4) is 0 Å². The van der Waals surface area contributed by atoms with Gasteiger partial charge in [-0.25, -0.2) is 18.7 Å². The van der Waals surface area contributed by atoms with Gasteiger partial charge >= 0.3 is 27.4 Å². The second-order valence-electron chi connectivity index (χ2n) is 23.3. The first-order chi connectivity index (χ1) is 43.3. The molecule has 31 heteroatoms. The minimum Gasteiger partial charge on any atom is -0.420 e. The molecule has 5 rings (SSSR count). The van der Waals surface area contributed by atoms with Crippen molar-refractivity contribution in [3.8, 4) is 12.1 Å². The van der Waals surface area contributed by atoms with Crippen molar-refractivity contribution in [3.05, 3.63) is 22.2 Å². The number of nitriles is 2. The number of fused-ring (bicyclic) bond motifs is 1. The molecule has 1 aromatic rings. The van der Waals surface area contributed by atoms with Gasteiger partial charge in [0.25, 0.3) is 0 Å². The monoisotopic (exact) mass is 1330 g/mol. The summed E-state index contributed by atoms with van der Waals surface area (Å²) in [5, 5.41) is 40.2. The van der Waals surface area contributed by atoms with Crippen molar-refractivity contribution in [2.24, 2.45) is 0 Å². The largest absolute Gasteiger partial charge is 0.475 e. The Balaban J connectivity index is 0.918. The third-order valence-corrected chi connectivity index (χ3v) is 22.9. The van der Waals surface area contributed by atoms with Gasteiger partial charge in [0.05, 0.1) is 77.1 Å². The quantitative estimate of drug-likeness (QED) is 0.0141. The van der Waals surface area contributed by atoms with Crippen LogP contribution in [0.2, 0.25) is 19.1 Å². The van der Waals surface area contributed by atoms with Crippen LogP contribution in [0, 0.1) is 29.6 Å². The van der Waals surface area contributed by atoms with Crippen molar-refractivity contribution < 1.29 is 70.7 Å². The van der Waals surface area contributed by atoms with Crippen molar-refractivity contribution in [1.29, 1.82) is 10.5 Å². The van der Waals surface area contributed by atoms with E-state index in [0.717, 1.165) is 102 Å². The van der Waals surface area contributed by atoms with Crippen LogP contribution in [0.5, 0.6) is 0 Å². The molecule has 0 radical (unpaired) electrons. The molecule has 4 fully saturated rings. The fourth-order valence-corrected chi connectivity index (χ4v) is 16.0. The Morgan fingerprint density at radius 3 is 1.98 bits per heavy atom. The Bertz CT molecular complexity index is 2610. The van der Waals surface area contributed by atoms with Crippen molar-refractivity contribution in [1.82, 2.24) is 41.5 Å². The lowest BCUT2D eigenvalue weighted by atomic mass is 10.0. The van der Waals surface area contributed by atoms with Crippen molar-refractivity contribution in [2.75, 3.05) is 90.5 Å². The number of nitrogens with zero attached hydrogens (tertiary/aromatic N) is 4. The molecule has 0 aromatic carbocycles. The molecule has 0 aliphatic carbocycles. The van der Waals surface area contributed by atoms with Crippen LogP contribution in [0.1, 0.15) is 161 Å². The number of hydrogen-bond donors (Lipinski definition) is 7. The Morgan fingerprint density at radius 2 is 1.36 bits per heavy atom. The summed E-state index contributed by atoms with van der Waals surface area (Å²) >= 11 is 1.89. The van der Waals surface area contributed by atoms with Crippen LogP contribution in [0.15, 0.2) is 11.0 Å². The number of urea groups is 1. The zero-order valence-corrected chi connectivity index (χ0v) is 56.5. The number of unbranched alkanes of at least 4 members (excludes halogenated alkanes) is 8. The summed E-state index contributed by atoms with van der Waals surface area (Å²) in [4.78, 5) is 66.3. The number of carbonyl (C=O) groups excluding carboxylic acids is 4. The zero-order valence-electron chi connectivity index (χ0n) is 53.9. The summed E-state index contributed by atoms with van der Waals surface area (Å²) < 4.78 is 90.0. The molecule has 4 saturated heterocycles. The van der Waals surface area contributed by atoms with Crippen LogP contribution in [-0.4, -0.2) is 169 Å². The highest BCUT2D eigenvalue weighted by Gasteiger charge is 2.45. The predicted octanol–water partition coefficient (Wildman–Crippen LogP) is 7.92. The summed E-state index contributed by atoms with van der Waals surface area (Å²) in [6, 6.07) is 5.15. The van der Waals surface area contributed by atoms with Crippen molar-refractivity contribution in [3.63, 3.8) is 0 Å². The molecule has 1 aromatic heterocycles. The zero-order chi connectivity index (χ0) is 65.2. The normalized spacial score (nSPS) is 23.7. The van der Waals surface area contributed by atoms with E-state index >= 15 is 0 Å². The van der Waals surface area contributed by atoms with Crippen LogP contribution in [-0.2, 0) is 64.6 Å². The first-order valence-corrected chi connectivity index (χ1v) is 39.1. The molecule has 504 valence electrons. The molecular weight excluding hydrogens is 1230 g/mol. The highest BCUT2D eigenvalue weighted by molar-refractivity contribution is 8.00. The number of aryl methyl sites for hydroxylation is 1. The molecule has 11 atom stereocenters. The van der Waals surface area contributed by atoms with E-state index in [4.69, 9.17) is 47.7 Å². The summed E-state index contributed by atoms with van der Waals surface area (Å²) in [7, 11) is -8.83. The number of phosphoric acid groups is 2. The van der Waals surface area contributed by atoms with Crippen LogP contribution < -0.4 is 42.9 Å². The maximum Gasteiger partial charge on any atom is 0.475 e. The molecule has 7 N–H and O–H groups in total.